The number of nitrogens with zero attached hydrogens (tertiary/aromatic N) is 5. The minimum Gasteiger partial charge on any atom is -0.495 e. The van der Waals surface area contributed by atoms with E-state index in [0.717, 1.165) is 25.7 Å². The fourth-order valence-electron chi connectivity index (χ4n) is 3.79. The van der Waals surface area contributed by atoms with Crippen LogP contribution in [0.2, 0.25) is 0 Å². The zero-order valence-corrected chi connectivity index (χ0v) is 13.6. The predicted octanol–water partition coefficient (Wildman–Crippen LogP) is 2.88. The molecule has 3 N–H and O–H groups in total. The molecule has 0 saturated heterocycles. The molecule has 0 radical (unpaired) electrons. The molecule has 1 atom stereocenters. The van der Waals surface area contributed by atoms with Gasteiger partial charge in [0.15, 0.2) is 5.88 Å². The zero-order valence-electron chi connectivity index (χ0n) is 13.6. The number of aromatic hydroxyl groups is 2. The van der Waals surface area contributed by atoms with Crippen LogP contribution in [0.3, 0.4) is 0 Å². The van der Waals surface area contributed by atoms with Gasteiger partial charge in [0, 0.05) is 11.5 Å². The molecule has 0 amide bonds. The molecule has 25 heavy (non-hydrogen) atoms. The van der Waals surface area contributed by atoms with Gasteiger partial charge < -0.3 is 15.2 Å². The molecule has 8 nitrogen and oxygen atoms in total. The smallest absolute Gasteiger partial charge is 0.219 e. The van der Waals surface area contributed by atoms with E-state index in [1.165, 1.54) is 12.4 Å². The topological polar surface area (TPSA) is 124 Å². The fourth-order valence-corrected chi connectivity index (χ4v) is 3.79. The summed E-state index contributed by atoms with van der Waals surface area (Å²) in [7, 11) is 0. The largest absolute Gasteiger partial charge is 0.495 e. The maximum Gasteiger partial charge on any atom is 0.219 e. The molecule has 1 fully saturated rings. The Kier molecular flexibility index (Phi) is 3.76. The summed E-state index contributed by atoms with van der Waals surface area (Å²) in [6.45, 7) is 0. The van der Waals surface area contributed by atoms with E-state index < -0.39 is 0 Å². The summed E-state index contributed by atoms with van der Waals surface area (Å²) in [5, 5.41) is 34.6. The van der Waals surface area contributed by atoms with Crippen molar-refractivity contribution < 1.29 is 10.2 Å². The zero-order chi connectivity index (χ0) is 17.4. The molecule has 0 bridgehead atoms. The summed E-state index contributed by atoms with van der Waals surface area (Å²) in [5.41, 5.74) is 1.44. The minimum atomic E-state index is -0.141. The summed E-state index contributed by atoms with van der Waals surface area (Å²) in [4.78, 5) is 11.1. The van der Waals surface area contributed by atoms with Gasteiger partial charge in [0.2, 0.25) is 5.88 Å². The number of hydrogen-bond acceptors (Lipinski definition) is 6. The lowest BCUT2D eigenvalue weighted by atomic mass is 9.96. The molecule has 4 rings (SSSR count). The lowest BCUT2D eigenvalue weighted by Gasteiger charge is -2.22. The second kappa shape index (κ2) is 6.09. The number of H-pyrrole nitrogens is 1. The maximum absolute atomic E-state index is 10.8. The van der Waals surface area contributed by atoms with Crippen LogP contribution in [0.15, 0.2) is 18.6 Å². The average Bonchev–Trinajstić information content (AvgIpc) is 3.31. The first-order valence-electron chi connectivity index (χ1n) is 8.35. The molecule has 3 aromatic heterocycles. The van der Waals surface area contributed by atoms with E-state index in [9.17, 15) is 15.5 Å². The first-order chi connectivity index (χ1) is 12.2. The van der Waals surface area contributed by atoms with Crippen molar-refractivity contribution >= 4 is 11.0 Å². The van der Waals surface area contributed by atoms with Crippen LogP contribution in [-0.4, -0.2) is 34.9 Å². The highest BCUT2D eigenvalue weighted by molar-refractivity contribution is 5.92. The second-order valence-electron chi connectivity index (χ2n) is 6.44. The third kappa shape index (κ3) is 2.58. The van der Waals surface area contributed by atoms with Crippen molar-refractivity contribution in [1.82, 2.24) is 24.7 Å². The molecule has 1 unspecified atom stereocenters. The molecule has 3 aromatic rings. The Morgan fingerprint density at radius 3 is 2.88 bits per heavy atom. The second-order valence-corrected chi connectivity index (χ2v) is 6.44. The summed E-state index contributed by atoms with van der Waals surface area (Å²) in [5.74, 6) is 0.324. The number of fused-ring (bicyclic) bond motifs is 1. The third-order valence-corrected chi connectivity index (χ3v) is 4.99. The molecule has 128 valence electrons. The number of nitriles is 1. The van der Waals surface area contributed by atoms with Crippen LogP contribution >= 0.6 is 0 Å². The molecular weight excluding hydrogens is 320 g/mol. The Hall–Kier alpha value is -3.08. The molecule has 3 heterocycles. The van der Waals surface area contributed by atoms with Gasteiger partial charge in [-0.15, -0.1) is 0 Å². The Morgan fingerprint density at radius 2 is 2.12 bits per heavy atom. The average molecular weight is 338 g/mol. The van der Waals surface area contributed by atoms with Crippen molar-refractivity contribution in [2.24, 2.45) is 5.92 Å². The van der Waals surface area contributed by atoms with E-state index in [4.69, 9.17) is 0 Å². The van der Waals surface area contributed by atoms with E-state index in [1.54, 1.807) is 10.9 Å². The number of hydrogen-bond donors (Lipinski definition) is 3. The summed E-state index contributed by atoms with van der Waals surface area (Å²) in [6, 6.07) is 3.60. The van der Waals surface area contributed by atoms with E-state index in [-0.39, 0.29) is 17.8 Å². The van der Waals surface area contributed by atoms with E-state index >= 15 is 0 Å². The number of nitrogens with one attached hydrogen (secondary N) is 1. The van der Waals surface area contributed by atoms with Gasteiger partial charge in [-0.05, 0) is 18.8 Å². The quantitative estimate of drug-likeness (QED) is 0.672. The van der Waals surface area contributed by atoms with Crippen molar-refractivity contribution in [2.45, 2.75) is 38.1 Å². The summed E-state index contributed by atoms with van der Waals surface area (Å²) >= 11 is 0. The highest BCUT2D eigenvalue weighted by atomic mass is 16.3. The van der Waals surface area contributed by atoms with Gasteiger partial charge in [0.1, 0.15) is 12.0 Å². The van der Waals surface area contributed by atoms with Crippen molar-refractivity contribution in [1.29, 1.82) is 5.26 Å². The number of aromatic nitrogens is 5. The standard InChI is InChI=1S/C17H18N6O2/c18-6-5-13(10-3-1-2-4-10)23-17(25)12(8-21-23)15-11-7-14(24)22-16(11)20-9-19-15/h7-10,13,24-25H,1-5H2,(H,19,20,22). The predicted molar refractivity (Wildman–Crippen MR) is 89.7 cm³/mol. The number of rotatable bonds is 4. The molecule has 8 heteroatoms. The highest BCUT2D eigenvalue weighted by Crippen LogP contribution is 2.40. The van der Waals surface area contributed by atoms with Crippen LogP contribution < -0.4 is 0 Å². The van der Waals surface area contributed by atoms with Gasteiger partial charge in [-0.1, -0.05) is 12.8 Å². The Morgan fingerprint density at radius 1 is 1.32 bits per heavy atom. The SMILES string of the molecule is N#CCC(C1CCCC1)n1ncc(-c2ncnc3[nH]c(O)cc23)c1O. The number of aromatic amines is 1. The fraction of sp³-hybridized carbons (Fsp3) is 0.412. The van der Waals surface area contributed by atoms with E-state index in [2.05, 4.69) is 26.1 Å². The molecule has 1 saturated carbocycles. The lowest BCUT2D eigenvalue weighted by Crippen LogP contribution is -2.18. The Labute approximate surface area is 143 Å². The van der Waals surface area contributed by atoms with Gasteiger partial charge in [0.05, 0.1) is 36.0 Å². The Balaban J connectivity index is 1.78. The van der Waals surface area contributed by atoms with Crippen molar-refractivity contribution in [3.05, 3.63) is 18.6 Å². The lowest BCUT2D eigenvalue weighted by molar-refractivity contribution is 0.278. The maximum atomic E-state index is 10.8. The van der Waals surface area contributed by atoms with Crippen LogP contribution in [-0.2, 0) is 0 Å². The molecule has 0 aromatic carbocycles. The summed E-state index contributed by atoms with van der Waals surface area (Å²) in [6.07, 6.45) is 7.63. The molecule has 0 aliphatic heterocycles. The van der Waals surface area contributed by atoms with Crippen LogP contribution in [0.1, 0.15) is 38.1 Å². The van der Waals surface area contributed by atoms with Crippen molar-refractivity contribution in [3.8, 4) is 29.1 Å². The third-order valence-electron chi connectivity index (χ3n) is 4.99. The molecule has 1 aliphatic rings. The van der Waals surface area contributed by atoms with Gasteiger partial charge in [-0.2, -0.15) is 10.4 Å². The normalized spacial score (nSPS) is 16.3. The van der Waals surface area contributed by atoms with Crippen LogP contribution in [0.5, 0.6) is 11.8 Å². The van der Waals surface area contributed by atoms with Crippen molar-refractivity contribution in [2.75, 3.05) is 0 Å². The molecule has 1 aliphatic carbocycles. The van der Waals surface area contributed by atoms with Gasteiger partial charge in [0.25, 0.3) is 0 Å². The van der Waals surface area contributed by atoms with Crippen LogP contribution in [0, 0.1) is 17.2 Å². The summed E-state index contributed by atoms with van der Waals surface area (Å²) < 4.78 is 1.55. The van der Waals surface area contributed by atoms with Gasteiger partial charge in [-0.3, -0.25) is 0 Å². The highest BCUT2D eigenvalue weighted by Gasteiger charge is 2.30. The minimum absolute atomic E-state index is 0.00663. The first kappa shape index (κ1) is 15.4. The van der Waals surface area contributed by atoms with Crippen LogP contribution in [0.25, 0.3) is 22.3 Å². The monoisotopic (exact) mass is 338 g/mol. The molecular formula is C17H18N6O2. The molecule has 0 spiro atoms. The first-order valence-corrected chi connectivity index (χ1v) is 8.35. The Bertz CT molecular complexity index is 948. The van der Waals surface area contributed by atoms with Gasteiger partial charge >= 0.3 is 0 Å². The van der Waals surface area contributed by atoms with Gasteiger partial charge in [-0.25, -0.2) is 14.6 Å². The van der Waals surface area contributed by atoms with E-state index in [0.29, 0.717) is 34.6 Å². The van der Waals surface area contributed by atoms with Crippen molar-refractivity contribution in [3.63, 3.8) is 0 Å². The van der Waals surface area contributed by atoms with E-state index in [1.807, 2.05) is 0 Å². The van der Waals surface area contributed by atoms with Crippen LogP contribution in [0.4, 0.5) is 0 Å².